The average Bonchev–Trinajstić information content (AvgIpc) is 2.65. The van der Waals surface area contributed by atoms with Gasteiger partial charge in [0.05, 0.1) is 12.8 Å². The number of nitrogens with zero attached hydrogens (tertiary/aromatic N) is 2. The van der Waals surface area contributed by atoms with Gasteiger partial charge < -0.3 is 5.11 Å². The minimum atomic E-state index is -0.299. The fourth-order valence-electron chi connectivity index (χ4n) is 2.09. The van der Waals surface area contributed by atoms with E-state index in [2.05, 4.69) is 9.88 Å². The molecule has 2 heterocycles. The van der Waals surface area contributed by atoms with E-state index in [1.54, 1.807) is 6.20 Å². The number of pyridine rings is 1. The van der Waals surface area contributed by atoms with Crippen molar-refractivity contribution in [2.75, 3.05) is 13.2 Å². The number of aliphatic hydroxyl groups is 1. The first-order valence-corrected chi connectivity index (χ1v) is 5.24. The molecule has 3 nitrogen and oxygen atoms in total. The molecule has 0 aliphatic carbocycles. The third-order valence-corrected chi connectivity index (χ3v) is 2.86. The first-order chi connectivity index (χ1) is 7.29. The second-order valence-electron chi connectivity index (χ2n) is 3.96. The first-order valence-electron chi connectivity index (χ1n) is 5.24. The average molecular weight is 210 g/mol. The van der Waals surface area contributed by atoms with Gasteiger partial charge in [-0.1, -0.05) is 0 Å². The SMILES string of the molecule is OC[C@@H]1CCCN1Cc1cncc(F)c1. The number of hydrogen-bond acceptors (Lipinski definition) is 3. The second kappa shape index (κ2) is 4.68. The fourth-order valence-corrected chi connectivity index (χ4v) is 2.09. The van der Waals surface area contributed by atoms with Crippen LogP contribution in [-0.2, 0) is 6.54 Å². The second-order valence-corrected chi connectivity index (χ2v) is 3.96. The lowest BCUT2D eigenvalue weighted by Gasteiger charge is -2.22. The van der Waals surface area contributed by atoms with E-state index in [0.717, 1.165) is 24.9 Å². The van der Waals surface area contributed by atoms with Crippen molar-refractivity contribution < 1.29 is 9.50 Å². The number of aromatic nitrogens is 1. The summed E-state index contributed by atoms with van der Waals surface area (Å²) < 4.78 is 12.9. The topological polar surface area (TPSA) is 36.4 Å². The Labute approximate surface area is 88.6 Å². The Morgan fingerprint density at radius 1 is 1.53 bits per heavy atom. The van der Waals surface area contributed by atoms with Gasteiger partial charge >= 0.3 is 0 Å². The normalized spacial score (nSPS) is 22.1. The molecular formula is C11H15FN2O. The van der Waals surface area contributed by atoms with E-state index in [9.17, 15) is 4.39 Å². The van der Waals surface area contributed by atoms with Crippen molar-refractivity contribution in [3.05, 3.63) is 29.8 Å². The van der Waals surface area contributed by atoms with Crippen LogP contribution in [0.15, 0.2) is 18.5 Å². The van der Waals surface area contributed by atoms with Gasteiger partial charge in [-0.25, -0.2) is 4.39 Å². The van der Waals surface area contributed by atoms with Crippen LogP contribution in [0.2, 0.25) is 0 Å². The van der Waals surface area contributed by atoms with E-state index in [1.807, 2.05) is 0 Å². The molecule has 0 aromatic carbocycles. The Kier molecular flexibility index (Phi) is 3.28. The summed E-state index contributed by atoms with van der Waals surface area (Å²) in [7, 11) is 0. The van der Waals surface area contributed by atoms with Gasteiger partial charge in [0.15, 0.2) is 0 Å². The van der Waals surface area contributed by atoms with Gasteiger partial charge in [-0.3, -0.25) is 9.88 Å². The Balaban J connectivity index is 2.02. The molecule has 0 bridgehead atoms. The summed E-state index contributed by atoms with van der Waals surface area (Å²) in [5.41, 5.74) is 0.871. The highest BCUT2D eigenvalue weighted by Gasteiger charge is 2.23. The van der Waals surface area contributed by atoms with Crippen molar-refractivity contribution in [1.82, 2.24) is 9.88 Å². The van der Waals surface area contributed by atoms with E-state index in [1.165, 1.54) is 12.3 Å². The largest absolute Gasteiger partial charge is 0.395 e. The zero-order valence-electron chi connectivity index (χ0n) is 8.56. The maximum absolute atomic E-state index is 12.9. The molecule has 2 rings (SSSR count). The Hall–Kier alpha value is -1.00. The van der Waals surface area contributed by atoms with Gasteiger partial charge in [0.25, 0.3) is 0 Å². The molecule has 1 fully saturated rings. The van der Waals surface area contributed by atoms with Gasteiger partial charge in [0.2, 0.25) is 0 Å². The quantitative estimate of drug-likeness (QED) is 0.813. The van der Waals surface area contributed by atoms with Crippen LogP contribution in [0.1, 0.15) is 18.4 Å². The summed E-state index contributed by atoms with van der Waals surface area (Å²) in [6.07, 6.45) is 5.01. The highest BCUT2D eigenvalue weighted by atomic mass is 19.1. The Morgan fingerprint density at radius 3 is 3.13 bits per heavy atom. The zero-order chi connectivity index (χ0) is 10.7. The minimum absolute atomic E-state index is 0.183. The van der Waals surface area contributed by atoms with E-state index in [4.69, 9.17) is 5.11 Å². The zero-order valence-corrected chi connectivity index (χ0v) is 8.56. The molecule has 1 aromatic rings. The fraction of sp³-hybridized carbons (Fsp3) is 0.545. The van der Waals surface area contributed by atoms with Crippen molar-refractivity contribution in [3.63, 3.8) is 0 Å². The highest BCUT2D eigenvalue weighted by Crippen LogP contribution is 2.19. The predicted molar refractivity (Wildman–Crippen MR) is 54.7 cm³/mol. The number of rotatable bonds is 3. The summed E-state index contributed by atoms with van der Waals surface area (Å²) in [6, 6.07) is 1.73. The summed E-state index contributed by atoms with van der Waals surface area (Å²) in [6.45, 7) is 1.83. The molecule has 1 aromatic heterocycles. The van der Waals surface area contributed by atoms with Crippen molar-refractivity contribution in [3.8, 4) is 0 Å². The molecule has 0 unspecified atom stereocenters. The summed E-state index contributed by atoms with van der Waals surface area (Å²) >= 11 is 0. The standard InChI is InChI=1S/C11H15FN2O/c12-10-4-9(5-13-6-10)7-14-3-1-2-11(14)8-15/h4-6,11,15H,1-3,7-8H2/t11-/m0/s1. The maximum atomic E-state index is 12.9. The number of aliphatic hydroxyl groups excluding tert-OH is 1. The lowest BCUT2D eigenvalue weighted by molar-refractivity contribution is 0.153. The molecule has 82 valence electrons. The van der Waals surface area contributed by atoms with Crippen LogP contribution in [0.4, 0.5) is 4.39 Å². The Bertz CT molecular complexity index is 332. The smallest absolute Gasteiger partial charge is 0.141 e. The molecule has 0 spiro atoms. The van der Waals surface area contributed by atoms with E-state index >= 15 is 0 Å². The lowest BCUT2D eigenvalue weighted by Crippen LogP contribution is -2.31. The molecule has 1 N–H and O–H groups in total. The molecule has 1 saturated heterocycles. The molecule has 1 atom stereocenters. The third kappa shape index (κ3) is 2.52. The van der Waals surface area contributed by atoms with E-state index < -0.39 is 0 Å². The molecular weight excluding hydrogens is 195 g/mol. The van der Waals surface area contributed by atoms with Gasteiger partial charge in [-0.15, -0.1) is 0 Å². The third-order valence-electron chi connectivity index (χ3n) is 2.86. The maximum Gasteiger partial charge on any atom is 0.141 e. The number of halogens is 1. The van der Waals surface area contributed by atoms with Gasteiger partial charge in [0, 0.05) is 18.8 Å². The van der Waals surface area contributed by atoms with Crippen LogP contribution in [0.5, 0.6) is 0 Å². The van der Waals surface area contributed by atoms with Crippen LogP contribution in [0, 0.1) is 5.82 Å². The van der Waals surface area contributed by atoms with Crippen molar-refractivity contribution in [2.24, 2.45) is 0 Å². The lowest BCUT2D eigenvalue weighted by atomic mass is 10.2. The highest BCUT2D eigenvalue weighted by molar-refractivity contribution is 5.10. The van der Waals surface area contributed by atoms with Crippen molar-refractivity contribution in [2.45, 2.75) is 25.4 Å². The monoisotopic (exact) mass is 210 g/mol. The number of hydrogen-bond donors (Lipinski definition) is 1. The van der Waals surface area contributed by atoms with Crippen LogP contribution < -0.4 is 0 Å². The van der Waals surface area contributed by atoms with Crippen LogP contribution in [0.25, 0.3) is 0 Å². The molecule has 4 heteroatoms. The van der Waals surface area contributed by atoms with Gasteiger partial charge in [-0.2, -0.15) is 0 Å². The molecule has 0 saturated carbocycles. The van der Waals surface area contributed by atoms with E-state index in [0.29, 0.717) is 6.54 Å². The summed E-state index contributed by atoms with van der Waals surface area (Å²) in [5, 5.41) is 9.14. The van der Waals surface area contributed by atoms with Crippen LogP contribution in [-0.4, -0.2) is 34.2 Å². The van der Waals surface area contributed by atoms with Gasteiger partial charge in [0.1, 0.15) is 5.82 Å². The number of likely N-dealkylation sites (tertiary alicyclic amines) is 1. The van der Waals surface area contributed by atoms with Gasteiger partial charge in [-0.05, 0) is 31.0 Å². The minimum Gasteiger partial charge on any atom is -0.395 e. The molecule has 1 aliphatic heterocycles. The van der Waals surface area contributed by atoms with Crippen molar-refractivity contribution in [1.29, 1.82) is 0 Å². The molecule has 15 heavy (non-hydrogen) atoms. The summed E-state index contributed by atoms with van der Waals surface area (Å²) in [5.74, 6) is -0.299. The molecule has 1 aliphatic rings. The first kappa shape index (κ1) is 10.5. The molecule has 0 amide bonds. The van der Waals surface area contributed by atoms with Crippen LogP contribution >= 0.6 is 0 Å². The summed E-state index contributed by atoms with van der Waals surface area (Å²) in [4.78, 5) is 5.99. The predicted octanol–water partition coefficient (Wildman–Crippen LogP) is 1.18. The van der Waals surface area contributed by atoms with E-state index in [-0.39, 0.29) is 18.5 Å². The Morgan fingerprint density at radius 2 is 2.40 bits per heavy atom. The van der Waals surface area contributed by atoms with Crippen molar-refractivity contribution >= 4 is 0 Å². The van der Waals surface area contributed by atoms with Crippen LogP contribution in [0.3, 0.4) is 0 Å². The molecule has 0 radical (unpaired) electrons.